The topological polar surface area (TPSA) is 102 Å². The maximum Gasteiger partial charge on any atom is 0.306 e. The molecule has 0 bridgehead atoms. The minimum absolute atomic E-state index is 0.0184. The van der Waals surface area contributed by atoms with Crippen LogP contribution in [0.25, 0.3) is 0 Å². The maximum atomic E-state index is 12.7. The van der Waals surface area contributed by atoms with Crippen molar-refractivity contribution < 1.29 is 38.2 Å². The van der Waals surface area contributed by atoms with Gasteiger partial charge in [-0.25, -0.2) is 0 Å². The van der Waals surface area contributed by atoms with Gasteiger partial charge in [0.25, 0.3) is 0 Å². The van der Waals surface area contributed by atoms with E-state index in [2.05, 4.69) is 56.4 Å². The number of allylic oxidation sites excluding steroid dienone is 14. The molecule has 0 radical (unpaired) electrons. The molecule has 0 aliphatic heterocycles. The molecule has 0 aromatic carbocycles. The second-order valence-electron chi connectivity index (χ2n) is 13.9. The predicted molar refractivity (Wildman–Crippen MR) is 212 cm³/mol. The number of aliphatic carboxylic acids is 1. The number of hydrogen-bond donors (Lipinski definition) is 0. The molecule has 0 aromatic heterocycles. The van der Waals surface area contributed by atoms with E-state index < -0.39 is 18.1 Å². The fourth-order valence-corrected chi connectivity index (χ4v) is 5.14. The number of hydrogen-bond acceptors (Lipinski definition) is 7. The van der Waals surface area contributed by atoms with Crippen LogP contribution in [0.15, 0.2) is 85.1 Å². The van der Waals surface area contributed by atoms with Gasteiger partial charge in [0.15, 0.2) is 6.10 Å². The molecule has 2 unspecified atom stereocenters. The number of rotatable bonds is 33. The lowest BCUT2D eigenvalue weighted by atomic mass is 10.1. The number of carboxylic acids is 1. The van der Waals surface area contributed by atoms with Crippen molar-refractivity contribution in [2.24, 2.45) is 0 Å². The van der Waals surface area contributed by atoms with E-state index in [-0.39, 0.29) is 49.1 Å². The Hall–Kier alpha value is -3.49. The number of quaternary nitrogens is 1. The van der Waals surface area contributed by atoms with Crippen molar-refractivity contribution in [1.82, 2.24) is 0 Å². The van der Waals surface area contributed by atoms with Gasteiger partial charge in [-0.2, -0.15) is 0 Å². The summed E-state index contributed by atoms with van der Waals surface area (Å²) in [5, 5.41) is 11.6. The smallest absolute Gasteiger partial charge is 0.306 e. The van der Waals surface area contributed by atoms with Gasteiger partial charge in [0, 0.05) is 19.3 Å². The Morgan fingerprint density at radius 2 is 1.02 bits per heavy atom. The number of unbranched alkanes of at least 4 members (excludes halogenated alkanes) is 10. The highest BCUT2D eigenvalue weighted by Crippen LogP contribution is 2.12. The highest BCUT2D eigenvalue weighted by molar-refractivity contribution is 5.70. The van der Waals surface area contributed by atoms with Crippen LogP contribution in [-0.2, 0) is 28.6 Å². The number of carbonyl (C=O) groups excluding carboxylic acids is 3. The van der Waals surface area contributed by atoms with Crippen molar-refractivity contribution in [2.75, 3.05) is 41.0 Å². The average Bonchev–Trinajstić information content (AvgIpc) is 3.09. The quantitative estimate of drug-likeness (QED) is 0.0288. The van der Waals surface area contributed by atoms with Gasteiger partial charge in [-0.05, 0) is 51.4 Å². The zero-order chi connectivity index (χ0) is 38.5. The van der Waals surface area contributed by atoms with Crippen LogP contribution in [0.3, 0.4) is 0 Å². The van der Waals surface area contributed by atoms with Crippen molar-refractivity contribution in [3.8, 4) is 0 Å². The van der Waals surface area contributed by atoms with Crippen LogP contribution in [-0.4, -0.2) is 75.5 Å². The number of carbonyl (C=O) groups is 3. The van der Waals surface area contributed by atoms with Crippen LogP contribution in [0.1, 0.15) is 123 Å². The molecule has 0 saturated carbocycles. The molecular formula is C44H71NO7. The first-order valence-corrected chi connectivity index (χ1v) is 19.7. The summed E-state index contributed by atoms with van der Waals surface area (Å²) < 4.78 is 17.1. The summed E-state index contributed by atoms with van der Waals surface area (Å²) in [6, 6.07) is -0.737. The number of carboxylic acid groups (broad SMARTS) is 1. The lowest BCUT2D eigenvalue weighted by molar-refractivity contribution is -0.889. The molecular weight excluding hydrogens is 654 g/mol. The van der Waals surface area contributed by atoms with E-state index in [0.717, 1.165) is 89.9 Å². The van der Waals surface area contributed by atoms with E-state index in [1.54, 1.807) is 21.1 Å². The predicted octanol–water partition coefficient (Wildman–Crippen LogP) is 8.85. The van der Waals surface area contributed by atoms with Gasteiger partial charge < -0.3 is 28.6 Å². The largest absolute Gasteiger partial charge is 0.544 e. The summed E-state index contributed by atoms with van der Waals surface area (Å²) in [6.07, 6.45) is 43.2. The van der Waals surface area contributed by atoms with Crippen LogP contribution in [0.4, 0.5) is 0 Å². The molecule has 0 fully saturated rings. The van der Waals surface area contributed by atoms with E-state index in [1.165, 1.54) is 0 Å². The molecule has 0 spiro atoms. The van der Waals surface area contributed by atoms with Crippen molar-refractivity contribution in [1.29, 1.82) is 0 Å². The molecule has 52 heavy (non-hydrogen) atoms. The molecule has 0 aromatic rings. The van der Waals surface area contributed by atoms with Gasteiger partial charge in [-0.3, -0.25) is 9.59 Å². The minimum Gasteiger partial charge on any atom is -0.544 e. The third-order valence-electron chi connectivity index (χ3n) is 8.18. The van der Waals surface area contributed by atoms with Gasteiger partial charge in [0.05, 0.1) is 40.3 Å². The number of esters is 2. The molecule has 2 atom stereocenters. The first-order chi connectivity index (χ1) is 25.1. The average molecular weight is 726 g/mol. The van der Waals surface area contributed by atoms with Crippen LogP contribution in [0.2, 0.25) is 0 Å². The minimum atomic E-state index is -1.14. The lowest BCUT2D eigenvalue weighted by Gasteiger charge is -2.34. The van der Waals surface area contributed by atoms with E-state index in [1.807, 2.05) is 42.5 Å². The fraction of sp³-hybridized carbons (Fsp3) is 0.614. The number of likely N-dealkylation sites (N-methyl/N-ethyl adjacent to an activating group) is 1. The number of ether oxygens (including phenoxy) is 3. The van der Waals surface area contributed by atoms with Crippen molar-refractivity contribution >= 4 is 17.9 Å². The molecule has 0 aliphatic rings. The summed E-state index contributed by atoms with van der Waals surface area (Å²) in [4.78, 5) is 36.7. The summed E-state index contributed by atoms with van der Waals surface area (Å²) in [6.45, 7) is 4.31. The Labute approximate surface area is 316 Å². The summed E-state index contributed by atoms with van der Waals surface area (Å²) in [7, 11) is 5.37. The zero-order valence-corrected chi connectivity index (χ0v) is 33.2. The highest BCUT2D eigenvalue weighted by atomic mass is 16.6. The number of nitrogens with zero attached hydrogens (tertiary/aromatic N) is 1. The van der Waals surface area contributed by atoms with Gasteiger partial charge in [0.2, 0.25) is 0 Å². The molecule has 0 rings (SSSR count). The Kier molecular flexibility index (Phi) is 32.3. The van der Waals surface area contributed by atoms with Crippen LogP contribution < -0.4 is 5.11 Å². The Bertz CT molecular complexity index is 1120. The highest BCUT2D eigenvalue weighted by Gasteiger charge is 2.25. The molecule has 0 heterocycles. The normalized spacial score (nSPS) is 13.9. The first-order valence-electron chi connectivity index (χ1n) is 19.7. The Balaban J connectivity index is 4.51. The Morgan fingerprint density at radius 1 is 0.577 bits per heavy atom. The fourth-order valence-electron chi connectivity index (χ4n) is 5.14. The summed E-state index contributed by atoms with van der Waals surface area (Å²) in [5.41, 5.74) is 0. The molecule has 0 saturated heterocycles. The van der Waals surface area contributed by atoms with Gasteiger partial charge >= 0.3 is 11.9 Å². The second kappa shape index (κ2) is 34.6. The van der Waals surface area contributed by atoms with Crippen molar-refractivity contribution in [3.05, 3.63) is 85.1 Å². The van der Waals surface area contributed by atoms with Crippen LogP contribution >= 0.6 is 0 Å². The standard InChI is InChI=1S/C44H71NO7/c1-6-8-10-12-14-16-18-20-21-23-25-27-29-31-33-35-43(47)52-40(38-50-37-36-41(44(48)49)45(3,4)5)39-51-42(46)34-32-30-28-26-24-22-19-17-15-13-11-9-7-2/h8-21,40-41H,6-7,22-39H2,1-5H3/b10-8+,11-9+,14-12+,15-13+,18-16+,19-17+,21-20+. The second-order valence-corrected chi connectivity index (χ2v) is 13.9. The maximum absolute atomic E-state index is 12.7. The van der Waals surface area contributed by atoms with Crippen LogP contribution in [0.5, 0.6) is 0 Å². The summed E-state index contributed by atoms with van der Waals surface area (Å²) >= 11 is 0. The lowest BCUT2D eigenvalue weighted by Crippen LogP contribution is -2.55. The molecule has 8 nitrogen and oxygen atoms in total. The molecule has 8 heteroatoms. The van der Waals surface area contributed by atoms with E-state index in [9.17, 15) is 19.5 Å². The van der Waals surface area contributed by atoms with Crippen molar-refractivity contribution in [2.45, 2.75) is 135 Å². The third-order valence-corrected chi connectivity index (χ3v) is 8.18. The Morgan fingerprint density at radius 3 is 1.50 bits per heavy atom. The molecule has 294 valence electrons. The van der Waals surface area contributed by atoms with Gasteiger partial charge in [-0.1, -0.05) is 137 Å². The zero-order valence-electron chi connectivity index (χ0n) is 33.2. The summed E-state index contributed by atoms with van der Waals surface area (Å²) in [5.74, 6) is -1.81. The van der Waals surface area contributed by atoms with Crippen molar-refractivity contribution in [3.63, 3.8) is 0 Å². The van der Waals surface area contributed by atoms with E-state index in [0.29, 0.717) is 6.42 Å². The molecule has 0 N–H and O–H groups in total. The van der Waals surface area contributed by atoms with Crippen LogP contribution in [0, 0.1) is 0 Å². The van der Waals surface area contributed by atoms with Gasteiger partial charge in [-0.15, -0.1) is 0 Å². The first kappa shape index (κ1) is 48.5. The van der Waals surface area contributed by atoms with Gasteiger partial charge in [0.1, 0.15) is 12.6 Å². The molecule has 0 amide bonds. The van der Waals surface area contributed by atoms with E-state index >= 15 is 0 Å². The third kappa shape index (κ3) is 32.4. The van der Waals surface area contributed by atoms with E-state index in [4.69, 9.17) is 14.2 Å². The molecule has 0 aliphatic carbocycles. The SMILES string of the molecule is CC/C=C/C=C/C=C/C=C/CCCCCCCC(=O)OC(COCCC(C(=O)[O-])[N+](C)(C)C)COC(=O)CCCCCCC/C=C/C=C/C=C/CC. The monoisotopic (exact) mass is 726 g/mol.